The minimum absolute atomic E-state index is 0.417. The van der Waals surface area contributed by atoms with Crippen LogP contribution in [-0.2, 0) is 0 Å². The van der Waals surface area contributed by atoms with Gasteiger partial charge in [-0.1, -0.05) is 0 Å². The van der Waals surface area contributed by atoms with Crippen LogP contribution in [0.15, 0.2) is 11.4 Å². The Morgan fingerprint density at radius 3 is 3.00 bits per heavy atom. The number of hydrogen-bond acceptors (Lipinski definition) is 6. The van der Waals surface area contributed by atoms with Gasteiger partial charge in [-0.05, 0) is 43.7 Å². The van der Waals surface area contributed by atoms with Gasteiger partial charge in [0.15, 0.2) is 0 Å². The van der Waals surface area contributed by atoms with E-state index in [9.17, 15) is 0 Å². The maximum absolute atomic E-state index is 4.58. The first kappa shape index (κ1) is 14.4. The molecule has 4 nitrogen and oxygen atoms in total. The lowest BCUT2D eigenvalue weighted by molar-refractivity contribution is 0.768. The molecule has 1 unspecified atom stereocenters. The summed E-state index contributed by atoms with van der Waals surface area (Å²) in [6.45, 7) is 5.08. The molecule has 0 aliphatic carbocycles. The van der Waals surface area contributed by atoms with Gasteiger partial charge in [0.05, 0.1) is 5.39 Å². The molecule has 0 fully saturated rings. The van der Waals surface area contributed by atoms with Crippen LogP contribution >= 0.6 is 23.1 Å². The Kier molecular flexibility index (Phi) is 5.27. The highest BCUT2D eigenvalue weighted by atomic mass is 32.2. The van der Waals surface area contributed by atoms with Crippen LogP contribution in [-0.4, -0.2) is 34.6 Å². The van der Waals surface area contributed by atoms with Crippen molar-refractivity contribution in [3.63, 3.8) is 0 Å². The summed E-state index contributed by atoms with van der Waals surface area (Å²) in [6, 6.07) is 2.50. The zero-order valence-electron chi connectivity index (χ0n) is 11.6. The van der Waals surface area contributed by atoms with Crippen molar-refractivity contribution in [3.05, 3.63) is 11.4 Å². The molecular weight excluding hydrogens is 276 g/mol. The van der Waals surface area contributed by atoms with Gasteiger partial charge in [-0.15, -0.1) is 11.3 Å². The van der Waals surface area contributed by atoms with Gasteiger partial charge in [-0.3, -0.25) is 0 Å². The first-order valence-corrected chi connectivity index (χ1v) is 8.76. The minimum atomic E-state index is 0.417. The van der Waals surface area contributed by atoms with Crippen LogP contribution < -0.4 is 10.6 Å². The summed E-state index contributed by atoms with van der Waals surface area (Å²) in [5, 5.41) is 9.87. The number of thiophene rings is 1. The van der Waals surface area contributed by atoms with Gasteiger partial charge in [0, 0.05) is 12.6 Å². The molecule has 0 amide bonds. The predicted octanol–water partition coefficient (Wildman–Crippen LogP) is 3.68. The lowest BCUT2D eigenvalue weighted by Gasteiger charge is -2.15. The van der Waals surface area contributed by atoms with Crippen molar-refractivity contribution in [1.29, 1.82) is 0 Å². The van der Waals surface area contributed by atoms with Gasteiger partial charge >= 0.3 is 0 Å². The normalized spacial score (nSPS) is 12.6. The van der Waals surface area contributed by atoms with Crippen LogP contribution in [0, 0.1) is 0 Å². The van der Waals surface area contributed by atoms with Crippen LogP contribution in [0.4, 0.5) is 11.8 Å². The van der Waals surface area contributed by atoms with E-state index in [-0.39, 0.29) is 0 Å². The van der Waals surface area contributed by atoms with E-state index in [0.29, 0.717) is 12.0 Å². The Bertz CT molecular complexity index is 526. The smallest absolute Gasteiger partial charge is 0.226 e. The monoisotopic (exact) mass is 296 g/mol. The topological polar surface area (TPSA) is 49.8 Å². The molecule has 0 spiro atoms. The molecule has 0 aliphatic rings. The van der Waals surface area contributed by atoms with E-state index in [4.69, 9.17) is 0 Å². The first-order chi connectivity index (χ1) is 9.24. The third-order valence-corrected chi connectivity index (χ3v) is 4.25. The van der Waals surface area contributed by atoms with Gasteiger partial charge in [0.1, 0.15) is 10.6 Å². The number of fused-ring (bicyclic) bond motifs is 1. The quantitative estimate of drug-likeness (QED) is 0.816. The number of nitrogens with zero attached hydrogens (tertiary/aromatic N) is 2. The number of nitrogens with one attached hydrogen (secondary N) is 2. The second-order valence-electron chi connectivity index (χ2n) is 4.39. The van der Waals surface area contributed by atoms with E-state index in [1.54, 1.807) is 11.3 Å². The largest absolute Gasteiger partial charge is 0.367 e. The Hall–Kier alpha value is -1.01. The first-order valence-electron chi connectivity index (χ1n) is 6.49. The fourth-order valence-electron chi connectivity index (χ4n) is 1.80. The van der Waals surface area contributed by atoms with E-state index in [0.717, 1.165) is 34.8 Å². The molecule has 0 saturated heterocycles. The average Bonchev–Trinajstić information content (AvgIpc) is 2.85. The fraction of sp³-hybridized carbons (Fsp3) is 0.538. The second kappa shape index (κ2) is 6.96. The number of aromatic nitrogens is 2. The van der Waals surface area contributed by atoms with Gasteiger partial charge in [-0.25, -0.2) is 4.98 Å². The zero-order valence-corrected chi connectivity index (χ0v) is 13.2. The molecule has 2 heterocycles. The summed E-state index contributed by atoms with van der Waals surface area (Å²) in [4.78, 5) is 10.1. The summed E-state index contributed by atoms with van der Waals surface area (Å²) in [5.74, 6) is 2.80. The Labute approximate surface area is 122 Å². The number of rotatable bonds is 7. The Morgan fingerprint density at radius 2 is 2.26 bits per heavy atom. The predicted molar refractivity (Wildman–Crippen MR) is 87.7 cm³/mol. The van der Waals surface area contributed by atoms with E-state index >= 15 is 0 Å². The van der Waals surface area contributed by atoms with Gasteiger partial charge in [-0.2, -0.15) is 16.7 Å². The van der Waals surface area contributed by atoms with Gasteiger partial charge < -0.3 is 10.6 Å². The van der Waals surface area contributed by atoms with Crippen molar-refractivity contribution in [3.8, 4) is 0 Å². The van der Waals surface area contributed by atoms with E-state index in [1.165, 1.54) is 0 Å². The number of anilines is 2. The number of thioether (sulfide) groups is 1. The summed E-state index contributed by atoms with van der Waals surface area (Å²) in [6.07, 6.45) is 3.27. The highest BCUT2D eigenvalue weighted by Crippen LogP contribution is 2.27. The van der Waals surface area contributed by atoms with E-state index in [1.807, 2.05) is 11.8 Å². The molecule has 104 valence electrons. The Morgan fingerprint density at radius 1 is 1.42 bits per heavy atom. The third kappa shape index (κ3) is 3.73. The molecule has 2 rings (SSSR count). The molecule has 0 bridgehead atoms. The second-order valence-corrected chi connectivity index (χ2v) is 6.27. The van der Waals surface area contributed by atoms with E-state index < -0.39 is 0 Å². The van der Waals surface area contributed by atoms with Crippen LogP contribution in [0.3, 0.4) is 0 Å². The van der Waals surface area contributed by atoms with Crippen LogP contribution in [0.2, 0.25) is 0 Å². The molecule has 0 aromatic carbocycles. The van der Waals surface area contributed by atoms with Gasteiger partial charge in [0.25, 0.3) is 0 Å². The maximum Gasteiger partial charge on any atom is 0.226 e. The average molecular weight is 296 g/mol. The summed E-state index contributed by atoms with van der Waals surface area (Å²) in [7, 11) is 0. The lowest BCUT2D eigenvalue weighted by Crippen LogP contribution is -2.17. The maximum atomic E-state index is 4.58. The van der Waals surface area contributed by atoms with Crippen molar-refractivity contribution in [2.24, 2.45) is 0 Å². The third-order valence-electron chi connectivity index (χ3n) is 2.80. The van der Waals surface area contributed by atoms with Crippen molar-refractivity contribution in [1.82, 2.24) is 9.97 Å². The molecule has 19 heavy (non-hydrogen) atoms. The molecule has 2 N–H and O–H groups in total. The zero-order chi connectivity index (χ0) is 13.7. The minimum Gasteiger partial charge on any atom is -0.367 e. The molecule has 6 heteroatoms. The number of hydrogen-bond donors (Lipinski definition) is 2. The van der Waals surface area contributed by atoms with Crippen molar-refractivity contribution in [2.45, 2.75) is 26.3 Å². The fourth-order valence-corrected chi connectivity index (χ4v) is 3.16. The van der Waals surface area contributed by atoms with Crippen molar-refractivity contribution in [2.75, 3.05) is 29.2 Å². The van der Waals surface area contributed by atoms with Crippen LogP contribution in [0.1, 0.15) is 20.3 Å². The summed E-state index contributed by atoms with van der Waals surface area (Å²) in [5.41, 5.74) is 0. The highest BCUT2D eigenvalue weighted by Gasteiger charge is 2.10. The molecule has 1 atom stereocenters. The van der Waals surface area contributed by atoms with Crippen LogP contribution in [0.25, 0.3) is 10.2 Å². The summed E-state index contributed by atoms with van der Waals surface area (Å²) >= 11 is 3.53. The SMILES string of the molecule is CCNc1nc(NC(C)CCSC)c2ccsc2n1. The van der Waals surface area contributed by atoms with Crippen molar-refractivity contribution >= 4 is 45.1 Å². The van der Waals surface area contributed by atoms with Crippen molar-refractivity contribution < 1.29 is 0 Å². The van der Waals surface area contributed by atoms with Crippen LogP contribution in [0.5, 0.6) is 0 Å². The summed E-state index contributed by atoms with van der Waals surface area (Å²) < 4.78 is 0. The molecule has 0 aliphatic heterocycles. The lowest BCUT2D eigenvalue weighted by atomic mass is 10.2. The van der Waals surface area contributed by atoms with Gasteiger partial charge in [0.2, 0.25) is 5.95 Å². The molecular formula is C13H20N4S2. The molecule has 2 aromatic heterocycles. The van der Waals surface area contributed by atoms with E-state index in [2.05, 4.69) is 52.2 Å². The Balaban J connectivity index is 2.21. The molecule has 0 saturated carbocycles. The highest BCUT2D eigenvalue weighted by molar-refractivity contribution is 7.98. The molecule has 2 aromatic rings. The standard InChI is InChI=1S/C13H20N4S2/c1-4-14-13-16-11(15-9(2)5-7-18-3)10-6-8-19-12(10)17-13/h6,8-9H,4-5,7H2,1-3H3,(H2,14,15,16,17). The molecule has 0 radical (unpaired) electrons.